The summed E-state index contributed by atoms with van der Waals surface area (Å²) in [5.41, 5.74) is -0.671. The molecular formula is C16H16ClF3N2O3S. The summed E-state index contributed by atoms with van der Waals surface area (Å²) in [7, 11) is -1.24. The zero-order chi connectivity index (χ0) is 18.6. The number of amides is 1. The van der Waals surface area contributed by atoms with E-state index in [0.717, 1.165) is 18.2 Å². The average molecular weight is 409 g/mol. The molecule has 0 aliphatic carbocycles. The second kappa shape index (κ2) is 9.11. The van der Waals surface area contributed by atoms with Crippen LogP contribution in [-0.2, 0) is 23.5 Å². The molecule has 0 bridgehead atoms. The van der Waals surface area contributed by atoms with Crippen molar-refractivity contribution in [3.63, 3.8) is 0 Å². The van der Waals surface area contributed by atoms with Crippen LogP contribution in [0.15, 0.2) is 41.6 Å². The van der Waals surface area contributed by atoms with E-state index in [4.69, 9.17) is 11.6 Å². The van der Waals surface area contributed by atoms with Crippen LogP contribution >= 0.6 is 11.6 Å². The Hall–Kier alpha value is -1.97. The summed E-state index contributed by atoms with van der Waals surface area (Å²) in [6, 6.07) is 4.22. The van der Waals surface area contributed by atoms with Gasteiger partial charge in [-0.05, 0) is 24.3 Å². The molecule has 0 aliphatic rings. The van der Waals surface area contributed by atoms with Gasteiger partial charge in [-0.2, -0.15) is 13.2 Å². The standard InChI is InChI=1S/C16H14ClF3N2O2S.H2O/c1-2-25(24)14-3-4-21-8-11(14)9-22-15(23)10-5-12(16(18,19)20)7-13(17)6-10;/h3-8H,2,9H2,1H3,(H,22,23);1H2. The Morgan fingerprint density at radius 1 is 1.31 bits per heavy atom. The van der Waals surface area contributed by atoms with Gasteiger partial charge in [0.1, 0.15) is 0 Å². The topological polar surface area (TPSA) is 90.6 Å². The molecule has 1 unspecified atom stereocenters. The molecular weight excluding hydrogens is 393 g/mol. The van der Waals surface area contributed by atoms with E-state index in [1.165, 1.54) is 12.4 Å². The molecule has 1 heterocycles. The van der Waals surface area contributed by atoms with Gasteiger partial charge in [0.15, 0.2) is 0 Å². The van der Waals surface area contributed by atoms with E-state index >= 15 is 0 Å². The van der Waals surface area contributed by atoms with Crippen molar-refractivity contribution in [2.45, 2.75) is 24.5 Å². The predicted octanol–water partition coefficient (Wildman–Crippen LogP) is 2.99. The number of aromatic nitrogens is 1. The largest absolute Gasteiger partial charge is 0.416 e. The van der Waals surface area contributed by atoms with Crippen LogP contribution in [0.4, 0.5) is 13.2 Å². The molecule has 3 N–H and O–H groups in total. The van der Waals surface area contributed by atoms with Crippen molar-refractivity contribution in [2.24, 2.45) is 0 Å². The quantitative estimate of drug-likeness (QED) is 0.824. The summed E-state index contributed by atoms with van der Waals surface area (Å²) in [4.78, 5) is 16.6. The van der Waals surface area contributed by atoms with Gasteiger partial charge in [-0.1, -0.05) is 18.5 Å². The smallest absolute Gasteiger partial charge is 0.412 e. The molecule has 0 spiro atoms. The van der Waals surface area contributed by atoms with Crippen molar-refractivity contribution < 1.29 is 27.7 Å². The molecule has 10 heteroatoms. The zero-order valence-corrected chi connectivity index (χ0v) is 15.1. The maximum atomic E-state index is 12.8. The summed E-state index contributed by atoms with van der Waals surface area (Å²) < 4.78 is 50.4. The molecule has 2 rings (SSSR count). The number of carbonyl (C=O) groups excluding carboxylic acids is 1. The Labute approximate surface area is 155 Å². The summed E-state index contributed by atoms with van der Waals surface area (Å²) in [5.74, 6) is -0.320. The molecule has 1 aromatic carbocycles. The van der Waals surface area contributed by atoms with Crippen LogP contribution < -0.4 is 5.32 Å². The highest BCUT2D eigenvalue weighted by atomic mass is 35.5. The van der Waals surface area contributed by atoms with Gasteiger partial charge >= 0.3 is 6.18 Å². The number of hydrogen-bond acceptors (Lipinski definition) is 3. The molecule has 1 aromatic heterocycles. The van der Waals surface area contributed by atoms with Gasteiger partial charge in [-0.15, -0.1) is 0 Å². The van der Waals surface area contributed by atoms with Crippen molar-refractivity contribution in [3.8, 4) is 0 Å². The second-order valence-electron chi connectivity index (χ2n) is 5.03. The number of rotatable bonds is 5. The normalized spacial score (nSPS) is 12.2. The Morgan fingerprint density at radius 2 is 2.00 bits per heavy atom. The highest BCUT2D eigenvalue weighted by Gasteiger charge is 2.31. The van der Waals surface area contributed by atoms with Gasteiger partial charge in [0, 0.05) is 45.7 Å². The number of halogens is 4. The third kappa shape index (κ3) is 5.52. The van der Waals surface area contributed by atoms with E-state index in [0.29, 0.717) is 16.2 Å². The Balaban J connectivity index is 0.00000338. The van der Waals surface area contributed by atoms with Gasteiger partial charge in [-0.3, -0.25) is 14.0 Å². The molecule has 26 heavy (non-hydrogen) atoms. The van der Waals surface area contributed by atoms with Crippen molar-refractivity contribution in [2.75, 3.05) is 5.75 Å². The van der Waals surface area contributed by atoms with E-state index < -0.39 is 28.4 Å². The van der Waals surface area contributed by atoms with Gasteiger partial charge in [-0.25, -0.2) is 0 Å². The Bertz CT molecular complexity index is 816. The first-order chi connectivity index (χ1) is 11.7. The molecule has 0 fully saturated rings. The molecule has 2 aromatic rings. The summed E-state index contributed by atoms with van der Waals surface area (Å²) in [5, 5.41) is 2.32. The van der Waals surface area contributed by atoms with Crippen LogP contribution in [0, 0.1) is 0 Å². The maximum absolute atomic E-state index is 12.8. The lowest BCUT2D eigenvalue weighted by molar-refractivity contribution is -0.137. The minimum absolute atomic E-state index is 0. The first kappa shape index (κ1) is 22.1. The van der Waals surface area contributed by atoms with Crippen LogP contribution in [0.2, 0.25) is 5.02 Å². The second-order valence-corrected chi connectivity index (χ2v) is 7.17. The lowest BCUT2D eigenvalue weighted by Crippen LogP contribution is -2.24. The number of nitrogens with zero attached hydrogens (tertiary/aromatic N) is 1. The molecule has 142 valence electrons. The number of benzene rings is 1. The number of pyridine rings is 1. The van der Waals surface area contributed by atoms with E-state index in [1.807, 2.05) is 0 Å². The van der Waals surface area contributed by atoms with Gasteiger partial charge in [0.25, 0.3) is 5.91 Å². The number of nitrogens with one attached hydrogen (secondary N) is 1. The predicted molar refractivity (Wildman–Crippen MR) is 92.4 cm³/mol. The number of hydrogen-bond donors (Lipinski definition) is 1. The minimum atomic E-state index is -4.60. The first-order valence-corrected chi connectivity index (χ1v) is 8.89. The van der Waals surface area contributed by atoms with E-state index in [2.05, 4.69) is 10.3 Å². The average Bonchev–Trinajstić information content (AvgIpc) is 2.58. The third-order valence-electron chi connectivity index (χ3n) is 3.29. The molecule has 1 amide bonds. The SMILES string of the molecule is CCS(=O)c1ccncc1CNC(=O)c1cc(Cl)cc(C(F)(F)F)c1.O. The molecule has 0 saturated heterocycles. The molecule has 5 nitrogen and oxygen atoms in total. The van der Waals surface area contributed by atoms with Crippen molar-refractivity contribution in [1.82, 2.24) is 10.3 Å². The number of carbonyl (C=O) groups is 1. The van der Waals surface area contributed by atoms with Crippen LogP contribution in [-0.4, -0.2) is 26.3 Å². The van der Waals surface area contributed by atoms with Crippen LogP contribution in [0.5, 0.6) is 0 Å². The number of alkyl halides is 3. The molecule has 0 aliphatic heterocycles. The zero-order valence-electron chi connectivity index (χ0n) is 13.6. The van der Waals surface area contributed by atoms with Crippen LogP contribution in [0.3, 0.4) is 0 Å². The van der Waals surface area contributed by atoms with Crippen LogP contribution in [0.25, 0.3) is 0 Å². The summed E-state index contributed by atoms with van der Waals surface area (Å²) in [6.07, 6.45) is -1.66. The van der Waals surface area contributed by atoms with Crippen molar-refractivity contribution in [1.29, 1.82) is 0 Å². The highest BCUT2D eigenvalue weighted by Crippen LogP contribution is 2.31. The lowest BCUT2D eigenvalue weighted by atomic mass is 10.1. The fraction of sp³-hybridized carbons (Fsp3) is 0.250. The summed E-state index contributed by atoms with van der Waals surface area (Å²) in [6.45, 7) is 1.74. The highest BCUT2D eigenvalue weighted by molar-refractivity contribution is 7.85. The molecule has 0 saturated carbocycles. The van der Waals surface area contributed by atoms with E-state index in [9.17, 15) is 22.2 Å². The molecule has 1 atom stereocenters. The Morgan fingerprint density at radius 3 is 2.62 bits per heavy atom. The van der Waals surface area contributed by atoms with E-state index in [1.54, 1.807) is 13.0 Å². The van der Waals surface area contributed by atoms with Crippen molar-refractivity contribution in [3.05, 3.63) is 58.4 Å². The van der Waals surface area contributed by atoms with E-state index in [-0.39, 0.29) is 22.6 Å². The fourth-order valence-electron chi connectivity index (χ4n) is 2.09. The first-order valence-electron chi connectivity index (χ1n) is 7.19. The van der Waals surface area contributed by atoms with Gasteiger partial charge < -0.3 is 10.8 Å². The Kier molecular flexibility index (Phi) is 7.73. The minimum Gasteiger partial charge on any atom is -0.412 e. The summed E-state index contributed by atoms with van der Waals surface area (Å²) >= 11 is 5.67. The van der Waals surface area contributed by atoms with Crippen molar-refractivity contribution >= 4 is 28.3 Å². The molecule has 0 radical (unpaired) electrons. The van der Waals surface area contributed by atoms with Gasteiger partial charge in [0.2, 0.25) is 0 Å². The maximum Gasteiger partial charge on any atom is 0.416 e. The third-order valence-corrected chi connectivity index (χ3v) is 4.92. The van der Waals surface area contributed by atoms with Crippen LogP contribution in [0.1, 0.15) is 28.4 Å². The fourth-order valence-corrected chi connectivity index (χ4v) is 3.26. The van der Waals surface area contributed by atoms with Gasteiger partial charge in [0.05, 0.1) is 16.4 Å². The lowest BCUT2D eigenvalue weighted by Gasteiger charge is -2.11. The monoisotopic (exact) mass is 408 g/mol.